The number of esters is 1. The number of nitro benzene ring substituents is 1. The zero-order valence-electron chi connectivity index (χ0n) is 20.9. The van der Waals surface area contributed by atoms with E-state index < -0.39 is 16.8 Å². The van der Waals surface area contributed by atoms with Crippen molar-refractivity contribution in [1.29, 1.82) is 0 Å². The lowest BCUT2D eigenvalue weighted by Gasteiger charge is -2.14. The second-order valence-corrected chi connectivity index (χ2v) is 8.38. The van der Waals surface area contributed by atoms with Gasteiger partial charge in [0.2, 0.25) is 0 Å². The number of aryl methyl sites for hydroxylation is 1. The number of carbonyl (C=O) groups excluding carboxylic acids is 2. The number of rotatable bonds is 10. The Kier molecular flexibility index (Phi) is 8.93. The van der Waals surface area contributed by atoms with E-state index in [1.807, 2.05) is 25.1 Å². The average Bonchev–Trinajstić information content (AvgIpc) is 2.88. The van der Waals surface area contributed by atoms with Crippen molar-refractivity contribution in [3.05, 3.63) is 93.0 Å². The van der Waals surface area contributed by atoms with E-state index >= 15 is 0 Å². The number of non-ortho nitro benzene ring substituents is 1. The third-order valence-electron chi connectivity index (χ3n) is 5.26. The smallest absolute Gasteiger partial charge is 0.343 e. The van der Waals surface area contributed by atoms with E-state index in [4.69, 9.17) is 14.2 Å². The molecule has 0 aliphatic carbocycles. The van der Waals surface area contributed by atoms with Crippen LogP contribution in [0.5, 0.6) is 17.2 Å². The molecule has 37 heavy (non-hydrogen) atoms. The van der Waals surface area contributed by atoms with Gasteiger partial charge in [0, 0.05) is 12.1 Å². The fraction of sp³-hybridized carbons (Fsp3) is 0.222. The van der Waals surface area contributed by atoms with E-state index in [9.17, 15) is 19.7 Å². The fourth-order valence-electron chi connectivity index (χ4n) is 3.32. The van der Waals surface area contributed by atoms with Crippen molar-refractivity contribution >= 4 is 23.8 Å². The van der Waals surface area contributed by atoms with Gasteiger partial charge in [0.15, 0.2) is 18.1 Å². The summed E-state index contributed by atoms with van der Waals surface area (Å²) in [5.74, 6) is 0.207. The summed E-state index contributed by atoms with van der Waals surface area (Å²) >= 11 is 0. The van der Waals surface area contributed by atoms with Gasteiger partial charge in [-0.2, -0.15) is 5.10 Å². The van der Waals surface area contributed by atoms with Gasteiger partial charge in [0.25, 0.3) is 11.6 Å². The first-order valence-electron chi connectivity index (χ1n) is 11.4. The van der Waals surface area contributed by atoms with Crippen LogP contribution in [0.4, 0.5) is 5.69 Å². The predicted molar refractivity (Wildman–Crippen MR) is 138 cm³/mol. The lowest BCUT2D eigenvalue weighted by molar-refractivity contribution is -0.384. The summed E-state index contributed by atoms with van der Waals surface area (Å²) in [5.41, 5.74) is 5.06. The lowest BCUT2D eigenvalue weighted by atomic mass is 10.0. The summed E-state index contributed by atoms with van der Waals surface area (Å²) in [5, 5.41) is 14.7. The molecule has 1 amide bonds. The highest BCUT2D eigenvalue weighted by atomic mass is 16.6. The highest BCUT2D eigenvalue weighted by molar-refractivity contribution is 5.92. The number of hydrogen-bond donors (Lipinski definition) is 1. The van der Waals surface area contributed by atoms with Gasteiger partial charge in [0.1, 0.15) is 5.75 Å². The van der Waals surface area contributed by atoms with E-state index in [-0.39, 0.29) is 35.3 Å². The van der Waals surface area contributed by atoms with Crippen LogP contribution in [0.2, 0.25) is 0 Å². The average molecular weight is 506 g/mol. The molecule has 1 N–H and O–H groups in total. The van der Waals surface area contributed by atoms with Gasteiger partial charge >= 0.3 is 5.97 Å². The molecule has 192 valence electrons. The van der Waals surface area contributed by atoms with Gasteiger partial charge in [-0.25, -0.2) is 10.2 Å². The van der Waals surface area contributed by atoms with Gasteiger partial charge in [-0.3, -0.25) is 14.9 Å². The molecule has 3 aromatic rings. The SMILES string of the molecule is COc1cc(C=NNC(=O)COc2cc(C)ccc2C(C)C)ccc1OC(=O)c1ccc([N+](=O)[O-])cc1. The van der Waals surface area contributed by atoms with Crippen molar-refractivity contribution in [2.45, 2.75) is 26.7 Å². The van der Waals surface area contributed by atoms with Crippen LogP contribution < -0.4 is 19.6 Å². The van der Waals surface area contributed by atoms with Crippen LogP contribution in [0.25, 0.3) is 0 Å². The molecule has 0 bridgehead atoms. The number of nitro groups is 1. The molecule has 10 nitrogen and oxygen atoms in total. The second-order valence-electron chi connectivity index (χ2n) is 8.38. The van der Waals surface area contributed by atoms with E-state index in [0.717, 1.165) is 11.1 Å². The molecule has 0 radical (unpaired) electrons. The number of methoxy groups -OCH3 is 1. The fourth-order valence-corrected chi connectivity index (χ4v) is 3.32. The number of benzene rings is 3. The monoisotopic (exact) mass is 505 g/mol. The minimum absolute atomic E-state index is 0.133. The van der Waals surface area contributed by atoms with Crippen LogP contribution in [0, 0.1) is 17.0 Å². The third-order valence-corrected chi connectivity index (χ3v) is 5.26. The molecule has 0 unspecified atom stereocenters. The Balaban J connectivity index is 1.58. The van der Waals surface area contributed by atoms with Crippen molar-refractivity contribution in [1.82, 2.24) is 5.43 Å². The van der Waals surface area contributed by atoms with Crippen LogP contribution in [0.15, 0.2) is 65.8 Å². The number of nitrogens with one attached hydrogen (secondary N) is 1. The maximum atomic E-state index is 12.4. The van der Waals surface area contributed by atoms with Crippen molar-refractivity contribution < 1.29 is 28.7 Å². The van der Waals surface area contributed by atoms with Crippen LogP contribution in [-0.4, -0.2) is 36.7 Å². The second kappa shape index (κ2) is 12.3. The third kappa shape index (κ3) is 7.38. The van der Waals surface area contributed by atoms with Crippen molar-refractivity contribution in [3.63, 3.8) is 0 Å². The molecule has 3 rings (SSSR count). The Labute approximate surface area is 214 Å². The molecule has 0 aromatic heterocycles. The van der Waals surface area contributed by atoms with Gasteiger partial charge in [-0.15, -0.1) is 0 Å². The van der Waals surface area contributed by atoms with Gasteiger partial charge < -0.3 is 14.2 Å². The largest absolute Gasteiger partial charge is 0.493 e. The molecular weight excluding hydrogens is 478 g/mol. The molecule has 0 heterocycles. The zero-order valence-corrected chi connectivity index (χ0v) is 20.9. The maximum absolute atomic E-state index is 12.4. The molecule has 10 heteroatoms. The molecule has 0 aliphatic rings. The number of carbonyl (C=O) groups is 2. The Hall–Kier alpha value is -4.73. The summed E-state index contributed by atoms with van der Waals surface area (Å²) in [6.45, 7) is 5.87. The normalized spacial score (nSPS) is 10.8. The Bertz CT molecular complexity index is 1320. The summed E-state index contributed by atoms with van der Waals surface area (Å²) in [6, 6.07) is 15.7. The van der Waals surface area contributed by atoms with Crippen LogP contribution in [0.3, 0.4) is 0 Å². The van der Waals surface area contributed by atoms with Gasteiger partial charge in [-0.1, -0.05) is 26.0 Å². The van der Waals surface area contributed by atoms with Crippen LogP contribution >= 0.6 is 0 Å². The highest BCUT2D eigenvalue weighted by Gasteiger charge is 2.15. The van der Waals surface area contributed by atoms with E-state index in [1.54, 1.807) is 12.1 Å². The topological polar surface area (TPSA) is 129 Å². The first-order valence-corrected chi connectivity index (χ1v) is 11.4. The predicted octanol–water partition coefficient (Wildman–Crippen LogP) is 4.78. The standard InChI is InChI=1S/C27H27N3O7/c1-17(2)22-11-5-18(3)13-24(22)36-16-26(31)29-28-15-19-6-12-23(25(14-19)35-4)37-27(32)20-7-9-21(10-8-20)30(33)34/h5-15,17H,16H2,1-4H3,(H,29,31). The van der Waals surface area contributed by atoms with E-state index in [0.29, 0.717) is 11.3 Å². The van der Waals surface area contributed by atoms with Gasteiger partial charge in [0.05, 0.1) is 23.8 Å². The van der Waals surface area contributed by atoms with Crippen LogP contribution in [0.1, 0.15) is 46.8 Å². The van der Waals surface area contributed by atoms with Gasteiger partial charge in [-0.05, 0) is 65.9 Å². The summed E-state index contributed by atoms with van der Waals surface area (Å²) in [7, 11) is 1.41. The maximum Gasteiger partial charge on any atom is 0.343 e. The summed E-state index contributed by atoms with van der Waals surface area (Å²) in [4.78, 5) is 34.8. The number of nitrogens with zero attached hydrogens (tertiary/aromatic N) is 2. The molecule has 3 aromatic carbocycles. The Morgan fingerprint density at radius 1 is 1.03 bits per heavy atom. The summed E-state index contributed by atoms with van der Waals surface area (Å²) in [6.07, 6.45) is 1.41. The number of hydrazone groups is 1. The van der Waals surface area contributed by atoms with E-state index in [2.05, 4.69) is 24.4 Å². The Morgan fingerprint density at radius 3 is 2.41 bits per heavy atom. The molecular formula is C27H27N3O7. The summed E-state index contributed by atoms with van der Waals surface area (Å²) < 4.78 is 16.4. The lowest BCUT2D eigenvalue weighted by Crippen LogP contribution is -2.25. The molecule has 0 saturated heterocycles. The minimum Gasteiger partial charge on any atom is -0.493 e. The van der Waals surface area contributed by atoms with Crippen molar-refractivity contribution in [3.8, 4) is 17.2 Å². The zero-order chi connectivity index (χ0) is 26.9. The first-order chi connectivity index (χ1) is 17.7. The quantitative estimate of drug-likeness (QED) is 0.138. The molecule has 0 atom stereocenters. The Morgan fingerprint density at radius 2 is 1.76 bits per heavy atom. The number of ether oxygens (including phenoxy) is 3. The molecule has 0 saturated carbocycles. The van der Waals surface area contributed by atoms with E-state index in [1.165, 1.54) is 43.7 Å². The molecule has 0 fully saturated rings. The molecule has 0 aliphatic heterocycles. The number of hydrogen-bond acceptors (Lipinski definition) is 8. The van der Waals surface area contributed by atoms with Crippen molar-refractivity contribution in [2.75, 3.05) is 13.7 Å². The molecule has 0 spiro atoms. The minimum atomic E-state index is -0.698. The van der Waals surface area contributed by atoms with Crippen molar-refractivity contribution in [2.24, 2.45) is 5.10 Å². The highest BCUT2D eigenvalue weighted by Crippen LogP contribution is 2.29. The number of amides is 1. The first kappa shape index (κ1) is 26.9. The van der Waals surface area contributed by atoms with Crippen LogP contribution in [-0.2, 0) is 4.79 Å².